The van der Waals surface area contributed by atoms with E-state index in [1.165, 1.54) is 0 Å². The summed E-state index contributed by atoms with van der Waals surface area (Å²) in [7, 11) is 0. The van der Waals surface area contributed by atoms with E-state index >= 15 is 0 Å². The number of hydrogen-bond donors (Lipinski definition) is 2. The summed E-state index contributed by atoms with van der Waals surface area (Å²) in [6, 6.07) is 14.5. The van der Waals surface area contributed by atoms with Crippen molar-refractivity contribution >= 4 is 17.8 Å². The van der Waals surface area contributed by atoms with Crippen molar-refractivity contribution in [3.05, 3.63) is 60.2 Å². The largest absolute Gasteiger partial charge is 0.480 e. The lowest BCUT2D eigenvalue weighted by Crippen LogP contribution is -2.43. The van der Waals surface area contributed by atoms with Crippen LogP contribution >= 0.6 is 0 Å². The molecule has 4 rings (SSSR count). The highest BCUT2D eigenvalue weighted by Crippen LogP contribution is 2.44. The third kappa shape index (κ3) is 3.24. The lowest BCUT2D eigenvalue weighted by molar-refractivity contribution is -0.145. The molecule has 7 heteroatoms. The third-order valence-electron chi connectivity index (χ3n) is 5.30. The van der Waals surface area contributed by atoms with E-state index in [-0.39, 0.29) is 6.54 Å². The van der Waals surface area contributed by atoms with Gasteiger partial charge in [0, 0.05) is 6.04 Å². The van der Waals surface area contributed by atoms with E-state index in [0.29, 0.717) is 17.1 Å². The fourth-order valence-corrected chi connectivity index (χ4v) is 4.02. The zero-order valence-corrected chi connectivity index (χ0v) is 15.3. The summed E-state index contributed by atoms with van der Waals surface area (Å²) in [5.41, 5.74) is 0.702. The Labute approximate surface area is 167 Å². The predicted octanol–water partition coefficient (Wildman–Crippen LogP) is 1.81. The van der Waals surface area contributed by atoms with E-state index < -0.39 is 41.7 Å². The molecule has 2 aliphatic rings. The smallest absolute Gasteiger partial charge is 0.321 e. The van der Waals surface area contributed by atoms with Gasteiger partial charge in [0.05, 0.1) is 18.4 Å². The lowest BCUT2D eigenvalue weighted by atomic mass is 9.86. The van der Waals surface area contributed by atoms with Crippen LogP contribution in [0.1, 0.15) is 11.6 Å². The fourth-order valence-electron chi connectivity index (χ4n) is 4.02. The van der Waals surface area contributed by atoms with Crippen molar-refractivity contribution in [2.45, 2.75) is 12.1 Å². The number of para-hydroxylation sites is 1. The molecule has 0 radical (unpaired) electrons. The maximum Gasteiger partial charge on any atom is 0.321 e. The van der Waals surface area contributed by atoms with E-state index in [2.05, 4.69) is 11.2 Å². The van der Waals surface area contributed by atoms with Crippen LogP contribution in [-0.2, 0) is 14.4 Å². The summed E-state index contributed by atoms with van der Waals surface area (Å²) >= 11 is 0. The van der Waals surface area contributed by atoms with Crippen LogP contribution in [0.4, 0.5) is 0 Å². The Morgan fingerprint density at radius 1 is 1.03 bits per heavy atom. The zero-order valence-electron chi connectivity index (χ0n) is 15.3. The second kappa shape index (κ2) is 7.41. The van der Waals surface area contributed by atoms with E-state index in [1.54, 1.807) is 24.3 Å². The molecule has 2 amide bonds. The molecule has 2 aromatic carbocycles. The van der Waals surface area contributed by atoms with Crippen molar-refractivity contribution in [3.8, 4) is 23.8 Å². The molecular weight excluding hydrogens is 372 g/mol. The van der Waals surface area contributed by atoms with Crippen molar-refractivity contribution in [1.29, 1.82) is 0 Å². The van der Waals surface area contributed by atoms with Gasteiger partial charge in [0.15, 0.2) is 0 Å². The Morgan fingerprint density at radius 3 is 2.28 bits per heavy atom. The number of nitrogens with zero attached hydrogens (tertiary/aromatic N) is 1. The number of carboxylic acid groups (broad SMARTS) is 1. The number of benzene rings is 2. The van der Waals surface area contributed by atoms with Crippen LogP contribution in [0.15, 0.2) is 54.6 Å². The van der Waals surface area contributed by atoms with Crippen molar-refractivity contribution < 1.29 is 24.2 Å². The second-order valence-corrected chi connectivity index (χ2v) is 6.96. The number of amides is 2. The highest BCUT2D eigenvalue weighted by atomic mass is 16.5. The minimum Gasteiger partial charge on any atom is -0.480 e. The zero-order chi connectivity index (χ0) is 20.5. The summed E-state index contributed by atoms with van der Waals surface area (Å²) in [6.45, 7) is -0.159. The first-order valence-corrected chi connectivity index (χ1v) is 9.11. The maximum atomic E-state index is 12.8. The number of fused-ring (bicyclic) bond motifs is 1. The van der Waals surface area contributed by atoms with Gasteiger partial charge in [-0.25, -0.2) is 0 Å². The molecule has 2 aliphatic heterocycles. The van der Waals surface area contributed by atoms with Gasteiger partial charge in [0.1, 0.15) is 17.5 Å². The number of terminal acetylenes is 1. The molecule has 0 bridgehead atoms. The lowest BCUT2D eigenvalue weighted by Gasteiger charge is -2.20. The average molecular weight is 390 g/mol. The first-order valence-electron chi connectivity index (χ1n) is 9.11. The molecule has 29 heavy (non-hydrogen) atoms. The Bertz CT molecular complexity index is 996. The monoisotopic (exact) mass is 390 g/mol. The van der Waals surface area contributed by atoms with Gasteiger partial charge in [-0.05, 0) is 29.8 Å². The van der Waals surface area contributed by atoms with Gasteiger partial charge in [-0.1, -0.05) is 36.3 Å². The Morgan fingerprint density at radius 2 is 1.66 bits per heavy atom. The van der Waals surface area contributed by atoms with Crippen LogP contribution in [0.2, 0.25) is 0 Å². The molecule has 4 atom stereocenters. The number of ether oxygens (including phenoxy) is 1. The molecule has 2 aromatic rings. The first-order chi connectivity index (χ1) is 14.0. The van der Waals surface area contributed by atoms with Crippen LogP contribution in [-0.4, -0.2) is 40.4 Å². The normalized spacial score (nSPS) is 25.6. The molecule has 2 fully saturated rings. The summed E-state index contributed by atoms with van der Waals surface area (Å²) < 4.78 is 5.76. The van der Waals surface area contributed by atoms with E-state index in [0.717, 1.165) is 4.90 Å². The molecular formula is C22H18N2O5. The summed E-state index contributed by atoms with van der Waals surface area (Å²) in [6.07, 6.45) is 5.26. The van der Waals surface area contributed by atoms with Crippen LogP contribution in [0.25, 0.3) is 0 Å². The van der Waals surface area contributed by atoms with Gasteiger partial charge in [0.25, 0.3) is 0 Å². The number of carbonyl (C=O) groups excluding carboxylic acids is 2. The van der Waals surface area contributed by atoms with E-state index in [4.69, 9.17) is 11.2 Å². The molecule has 146 valence electrons. The van der Waals surface area contributed by atoms with Crippen molar-refractivity contribution in [2.24, 2.45) is 11.8 Å². The molecule has 4 unspecified atom stereocenters. The maximum absolute atomic E-state index is 12.8. The second-order valence-electron chi connectivity index (χ2n) is 6.96. The number of likely N-dealkylation sites (tertiary alicyclic amines) is 1. The third-order valence-corrected chi connectivity index (χ3v) is 5.30. The van der Waals surface area contributed by atoms with Crippen LogP contribution in [0.3, 0.4) is 0 Å². The number of imide groups is 1. The molecule has 7 nitrogen and oxygen atoms in total. The number of hydrogen-bond acceptors (Lipinski definition) is 5. The highest BCUT2D eigenvalue weighted by Gasteiger charge is 2.60. The van der Waals surface area contributed by atoms with Crippen LogP contribution < -0.4 is 10.1 Å². The van der Waals surface area contributed by atoms with Crippen LogP contribution in [0, 0.1) is 24.2 Å². The summed E-state index contributed by atoms with van der Waals surface area (Å²) in [5.74, 6) is -0.351. The minimum atomic E-state index is -1.17. The molecule has 0 spiro atoms. The first kappa shape index (κ1) is 18.7. The van der Waals surface area contributed by atoms with Gasteiger partial charge in [0.2, 0.25) is 11.8 Å². The summed E-state index contributed by atoms with van der Waals surface area (Å²) in [5, 5.41) is 12.5. The number of rotatable bonds is 5. The highest BCUT2D eigenvalue weighted by molar-refractivity contribution is 6.08. The van der Waals surface area contributed by atoms with Gasteiger partial charge >= 0.3 is 5.97 Å². The fraction of sp³-hybridized carbons (Fsp3) is 0.227. The Hall–Kier alpha value is -3.63. The quantitative estimate of drug-likeness (QED) is 0.597. The SMILES string of the molecule is C#CCN1C(=O)C2C(C(=O)O)NC(c3ccc(Oc4ccccc4)cc3)C2C1=O. The number of carboxylic acids is 1. The van der Waals surface area contributed by atoms with E-state index in [9.17, 15) is 19.5 Å². The molecule has 0 saturated carbocycles. The molecule has 0 aliphatic carbocycles. The standard InChI is InChI=1S/C22H18N2O5/c1-2-12-24-20(25)16-17(21(24)26)19(22(27)28)23-18(16)13-8-10-15(11-9-13)29-14-6-4-3-5-7-14/h1,3-11,16-19,23H,12H2,(H,27,28). The Balaban J connectivity index is 1.61. The van der Waals surface area contributed by atoms with Crippen molar-refractivity contribution in [1.82, 2.24) is 10.2 Å². The number of nitrogens with one attached hydrogen (secondary N) is 1. The number of aliphatic carboxylic acids is 1. The van der Waals surface area contributed by atoms with Crippen molar-refractivity contribution in [3.63, 3.8) is 0 Å². The minimum absolute atomic E-state index is 0.159. The van der Waals surface area contributed by atoms with Gasteiger partial charge in [-0.15, -0.1) is 6.42 Å². The Kier molecular flexibility index (Phi) is 4.79. The van der Waals surface area contributed by atoms with Crippen LogP contribution in [0.5, 0.6) is 11.5 Å². The summed E-state index contributed by atoms with van der Waals surface area (Å²) in [4.78, 5) is 38.1. The molecule has 2 saturated heterocycles. The van der Waals surface area contributed by atoms with Crippen molar-refractivity contribution in [2.75, 3.05) is 6.54 Å². The molecule has 2 N–H and O–H groups in total. The topological polar surface area (TPSA) is 95.9 Å². The van der Waals surface area contributed by atoms with Gasteiger partial charge in [-0.3, -0.25) is 24.6 Å². The molecule has 0 aromatic heterocycles. The predicted molar refractivity (Wildman–Crippen MR) is 103 cm³/mol. The van der Waals surface area contributed by atoms with Gasteiger partial charge in [-0.2, -0.15) is 0 Å². The average Bonchev–Trinajstić information content (AvgIpc) is 3.23. The number of carbonyl (C=O) groups is 3. The van der Waals surface area contributed by atoms with Gasteiger partial charge < -0.3 is 9.84 Å². The molecule has 2 heterocycles. The van der Waals surface area contributed by atoms with E-state index in [1.807, 2.05) is 30.3 Å².